The number of hydrogen-bond donors (Lipinski definition) is 2. The predicted octanol–water partition coefficient (Wildman–Crippen LogP) is 2.18. The number of hydrogen-bond acceptors (Lipinski definition) is 6. The number of methoxy groups -OCH3 is 1. The summed E-state index contributed by atoms with van der Waals surface area (Å²) in [7, 11) is 1.65. The Balaban J connectivity index is 1.45. The Morgan fingerprint density at radius 1 is 1.17 bits per heavy atom. The highest BCUT2D eigenvalue weighted by atomic mass is 16.5. The third-order valence-corrected chi connectivity index (χ3v) is 6.09. The molecule has 6 heteroatoms. The number of aliphatic hydroxyl groups is 1. The highest BCUT2D eigenvalue weighted by molar-refractivity contribution is 5.45. The summed E-state index contributed by atoms with van der Waals surface area (Å²) in [6.45, 7) is 4.04. The Labute approximate surface area is 179 Å². The van der Waals surface area contributed by atoms with Crippen LogP contribution in [-0.2, 0) is 22.3 Å². The van der Waals surface area contributed by atoms with Gasteiger partial charge >= 0.3 is 0 Å². The van der Waals surface area contributed by atoms with Gasteiger partial charge in [0, 0.05) is 39.8 Å². The first-order valence-corrected chi connectivity index (χ1v) is 11.0. The fourth-order valence-corrected chi connectivity index (χ4v) is 4.32. The fraction of sp³-hybridized carbons (Fsp3) is 0.542. The minimum Gasteiger partial charge on any atom is -0.388 e. The molecule has 1 aromatic heterocycles. The quantitative estimate of drug-likeness (QED) is 0.617. The largest absolute Gasteiger partial charge is 0.388 e. The topological polar surface area (TPSA) is 66.9 Å². The van der Waals surface area contributed by atoms with E-state index in [0.717, 1.165) is 56.9 Å². The Morgan fingerprint density at radius 3 is 2.77 bits per heavy atom. The molecule has 3 atom stereocenters. The Bertz CT molecular complexity index is 796. The lowest BCUT2D eigenvalue weighted by atomic mass is 10.0. The van der Waals surface area contributed by atoms with Crippen molar-refractivity contribution in [1.29, 1.82) is 0 Å². The van der Waals surface area contributed by atoms with Crippen LogP contribution in [0.15, 0.2) is 42.5 Å². The van der Waals surface area contributed by atoms with Crippen LogP contribution in [0.25, 0.3) is 0 Å². The fourth-order valence-electron chi connectivity index (χ4n) is 4.32. The van der Waals surface area contributed by atoms with Gasteiger partial charge in [0.05, 0.1) is 17.9 Å². The maximum atomic E-state index is 10.2. The van der Waals surface area contributed by atoms with Crippen LogP contribution < -0.4 is 10.2 Å². The van der Waals surface area contributed by atoms with E-state index in [0.29, 0.717) is 19.2 Å². The van der Waals surface area contributed by atoms with E-state index in [1.807, 2.05) is 6.07 Å². The summed E-state index contributed by atoms with van der Waals surface area (Å²) < 4.78 is 11.4. The zero-order valence-electron chi connectivity index (χ0n) is 17.8. The summed E-state index contributed by atoms with van der Waals surface area (Å²) in [5, 5.41) is 13.5. The Kier molecular flexibility index (Phi) is 7.33. The predicted molar refractivity (Wildman–Crippen MR) is 118 cm³/mol. The number of aliphatic hydroxyl groups excluding tert-OH is 1. The first kappa shape index (κ1) is 21.2. The summed E-state index contributed by atoms with van der Waals surface area (Å²) in [4.78, 5) is 7.14. The molecule has 2 fully saturated rings. The lowest BCUT2D eigenvalue weighted by Crippen LogP contribution is -2.25. The molecule has 0 spiro atoms. The van der Waals surface area contributed by atoms with Crippen LogP contribution in [0.3, 0.4) is 0 Å². The molecule has 1 aromatic carbocycles. The molecule has 0 amide bonds. The summed E-state index contributed by atoms with van der Waals surface area (Å²) >= 11 is 0. The first-order chi connectivity index (χ1) is 14.7. The first-order valence-electron chi connectivity index (χ1n) is 11.0. The van der Waals surface area contributed by atoms with Gasteiger partial charge in [-0.3, -0.25) is 0 Å². The van der Waals surface area contributed by atoms with Crippen molar-refractivity contribution in [2.75, 3.05) is 44.8 Å². The molecule has 2 aliphatic rings. The van der Waals surface area contributed by atoms with Gasteiger partial charge in [0.2, 0.25) is 0 Å². The van der Waals surface area contributed by atoms with Crippen LogP contribution in [-0.4, -0.2) is 68.3 Å². The summed E-state index contributed by atoms with van der Waals surface area (Å²) in [5.74, 6) is 0.913. The summed E-state index contributed by atoms with van der Waals surface area (Å²) in [6, 6.07) is 14.8. The van der Waals surface area contributed by atoms with E-state index in [9.17, 15) is 5.11 Å². The second-order valence-electron chi connectivity index (χ2n) is 8.27. The summed E-state index contributed by atoms with van der Waals surface area (Å²) in [5.41, 5.74) is 3.64. The van der Waals surface area contributed by atoms with Gasteiger partial charge in [-0.1, -0.05) is 36.4 Å². The number of β-amino-alcohol motifs (C(OH)–C–C–N with tert-alkyl or cyclic N) is 1. The molecule has 0 radical (unpaired) electrons. The van der Waals surface area contributed by atoms with Gasteiger partial charge in [-0.15, -0.1) is 0 Å². The monoisotopic (exact) mass is 411 g/mol. The average Bonchev–Trinajstić information content (AvgIpc) is 3.42. The third-order valence-electron chi connectivity index (χ3n) is 6.09. The van der Waals surface area contributed by atoms with Crippen molar-refractivity contribution in [1.82, 2.24) is 10.3 Å². The zero-order valence-corrected chi connectivity index (χ0v) is 17.8. The minimum atomic E-state index is -0.476. The highest BCUT2D eigenvalue weighted by Gasteiger charge is 2.32. The van der Waals surface area contributed by atoms with Crippen molar-refractivity contribution in [3.05, 3.63) is 59.3 Å². The number of nitrogens with one attached hydrogen (secondary N) is 1. The molecule has 0 saturated carbocycles. The van der Waals surface area contributed by atoms with Crippen molar-refractivity contribution < 1.29 is 14.6 Å². The molecule has 2 aliphatic heterocycles. The molecular formula is C24H33N3O3. The van der Waals surface area contributed by atoms with Crippen LogP contribution in [0.4, 0.5) is 5.82 Å². The van der Waals surface area contributed by atoms with E-state index in [-0.39, 0.29) is 6.10 Å². The molecule has 4 rings (SSSR count). The van der Waals surface area contributed by atoms with Gasteiger partial charge in [0.1, 0.15) is 11.9 Å². The molecular weight excluding hydrogens is 378 g/mol. The van der Waals surface area contributed by atoms with E-state index in [1.54, 1.807) is 7.11 Å². The van der Waals surface area contributed by atoms with E-state index < -0.39 is 6.10 Å². The summed E-state index contributed by atoms with van der Waals surface area (Å²) in [6.07, 6.45) is 3.60. The third kappa shape index (κ3) is 5.38. The lowest BCUT2D eigenvalue weighted by Gasteiger charge is -2.19. The second kappa shape index (κ2) is 10.4. The molecule has 1 unspecified atom stereocenters. The van der Waals surface area contributed by atoms with Crippen molar-refractivity contribution in [3.63, 3.8) is 0 Å². The number of benzene rings is 1. The van der Waals surface area contributed by atoms with Gasteiger partial charge in [0.15, 0.2) is 0 Å². The molecule has 3 heterocycles. The zero-order chi connectivity index (χ0) is 20.8. The van der Waals surface area contributed by atoms with Gasteiger partial charge in [-0.05, 0) is 43.0 Å². The maximum Gasteiger partial charge on any atom is 0.129 e. The highest BCUT2D eigenvalue weighted by Crippen LogP contribution is 2.24. The standard InChI is InChI=1S/C24H33N3O3/c1-29-23-17-27(16-22(23)28)24-10-9-19(8-5-13-30-20-11-12-25-15-20)21(26-24)14-18-6-3-2-4-7-18/h2-4,6-7,9-10,20,22-23,25,28H,5,8,11-17H2,1H3/t20?,22-,23-/m1/s1. The molecule has 2 N–H and O–H groups in total. The molecule has 2 aromatic rings. The normalized spacial score (nSPS) is 23.9. The van der Waals surface area contributed by atoms with Gasteiger partial charge in [0.25, 0.3) is 0 Å². The molecule has 30 heavy (non-hydrogen) atoms. The average molecular weight is 412 g/mol. The molecule has 0 bridgehead atoms. The SMILES string of the molecule is CO[C@@H]1CN(c2ccc(CCCOC3CCNC3)c(Cc3ccccc3)n2)C[C@H]1O. The van der Waals surface area contributed by atoms with Gasteiger partial charge in [-0.2, -0.15) is 0 Å². The van der Waals surface area contributed by atoms with Crippen molar-refractivity contribution in [2.45, 2.75) is 44.0 Å². The molecule has 0 aliphatic carbocycles. The van der Waals surface area contributed by atoms with Crippen molar-refractivity contribution in [2.24, 2.45) is 0 Å². The Morgan fingerprint density at radius 2 is 2.03 bits per heavy atom. The number of aryl methyl sites for hydroxylation is 1. The van der Waals surface area contributed by atoms with E-state index in [2.05, 4.69) is 46.6 Å². The van der Waals surface area contributed by atoms with E-state index in [4.69, 9.17) is 14.5 Å². The van der Waals surface area contributed by atoms with Crippen molar-refractivity contribution >= 4 is 5.82 Å². The molecule has 6 nitrogen and oxygen atoms in total. The number of nitrogens with zero attached hydrogens (tertiary/aromatic N) is 2. The van der Waals surface area contributed by atoms with Crippen LogP contribution in [0, 0.1) is 0 Å². The minimum absolute atomic E-state index is 0.161. The smallest absolute Gasteiger partial charge is 0.129 e. The Hall–Kier alpha value is -1.99. The van der Waals surface area contributed by atoms with E-state index >= 15 is 0 Å². The van der Waals surface area contributed by atoms with Crippen LogP contribution in [0.1, 0.15) is 29.7 Å². The van der Waals surface area contributed by atoms with Crippen LogP contribution in [0.5, 0.6) is 0 Å². The second-order valence-corrected chi connectivity index (χ2v) is 8.27. The van der Waals surface area contributed by atoms with E-state index in [1.165, 1.54) is 11.1 Å². The van der Waals surface area contributed by atoms with Gasteiger partial charge < -0.3 is 24.8 Å². The number of anilines is 1. The number of aromatic nitrogens is 1. The lowest BCUT2D eigenvalue weighted by molar-refractivity contribution is 0.0217. The number of ether oxygens (including phenoxy) is 2. The van der Waals surface area contributed by atoms with Crippen LogP contribution >= 0.6 is 0 Å². The molecule has 162 valence electrons. The molecule has 2 saturated heterocycles. The number of rotatable bonds is 9. The van der Waals surface area contributed by atoms with Crippen LogP contribution in [0.2, 0.25) is 0 Å². The van der Waals surface area contributed by atoms with Crippen molar-refractivity contribution in [3.8, 4) is 0 Å². The van der Waals surface area contributed by atoms with Gasteiger partial charge in [-0.25, -0.2) is 4.98 Å². The maximum absolute atomic E-state index is 10.2. The number of pyridine rings is 1.